The fourth-order valence-electron chi connectivity index (χ4n) is 2.01. The van der Waals surface area contributed by atoms with Crippen LogP contribution in [-0.4, -0.2) is 37.0 Å². The van der Waals surface area contributed by atoms with Gasteiger partial charge in [-0.3, -0.25) is 4.79 Å². The minimum Gasteiger partial charge on any atom is -0.342 e. The molecule has 1 amide bonds. The molecule has 0 aliphatic carbocycles. The van der Waals surface area contributed by atoms with E-state index < -0.39 is 0 Å². The molecule has 1 N–H and O–H groups in total. The number of rotatable bonds is 2. The number of hydrogen-bond acceptors (Lipinski definition) is 2. The van der Waals surface area contributed by atoms with E-state index in [1.165, 1.54) is 0 Å². The van der Waals surface area contributed by atoms with Crippen LogP contribution in [0.25, 0.3) is 0 Å². The van der Waals surface area contributed by atoms with Gasteiger partial charge in [-0.15, -0.1) is 0 Å². The average Bonchev–Trinajstić information content (AvgIpc) is 2.22. The van der Waals surface area contributed by atoms with Crippen molar-refractivity contribution in [3.63, 3.8) is 0 Å². The van der Waals surface area contributed by atoms with Gasteiger partial charge in [-0.2, -0.15) is 0 Å². The van der Waals surface area contributed by atoms with Gasteiger partial charge in [-0.1, -0.05) is 13.8 Å². The highest BCUT2D eigenvalue weighted by molar-refractivity contribution is 5.84. The Labute approximate surface area is 79.5 Å². The standard InChI is InChI=1S/C10H18N2O/c1-10(2)3-4-12(9(10)13)7-8-5-11-6-8/h8,11H,3-7H2,1-2H3. The van der Waals surface area contributed by atoms with Crippen LogP contribution in [0.1, 0.15) is 20.3 Å². The Kier molecular flexibility index (Phi) is 2.06. The summed E-state index contributed by atoms with van der Waals surface area (Å²) in [6.45, 7) is 8.20. The smallest absolute Gasteiger partial charge is 0.228 e. The molecule has 0 bridgehead atoms. The predicted octanol–water partition coefficient (Wildman–Crippen LogP) is 0.464. The first kappa shape index (κ1) is 9.00. The first-order valence-electron chi connectivity index (χ1n) is 5.10. The molecule has 2 saturated heterocycles. The minimum atomic E-state index is -0.100. The van der Waals surface area contributed by atoms with Crippen LogP contribution in [0.2, 0.25) is 0 Å². The average molecular weight is 182 g/mol. The van der Waals surface area contributed by atoms with Gasteiger partial charge in [0.15, 0.2) is 0 Å². The van der Waals surface area contributed by atoms with Crippen molar-refractivity contribution in [2.45, 2.75) is 20.3 Å². The summed E-state index contributed by atoms with van der Waals surface area (Å²) in [5.74, 6) is 1.05. The topological polar surface area (TPSA) is 32.3 Å². The van der Waals surface area contributed by atoms with Gasteiger partial charge >= 0.3 is 0 Å². The second-order valence-corrected chi connectivity index (χ2v) is 4.91. The molecule has 2 aliphatic heterocycles. The highest BCUT2D eigenvalue weighted by Crippen LogP contribution is 2.31. The molecule has 0 atom stereocenters. The molecule has 2 heterocycles. The molecule has 0 radical (unpaired) electrons. The Bertz CT molecular complexity index is 221. The van der Waals surface area contributed by atoms with Crippen LogP contribution in [0.15, 0.2) is 0 Å². The normalized spacial score (nSPS) is 27.8. The Morgan fingerprint density at radius 3 is 2.62 bits per heavy atom. The van der Waals surface area contributed by atoms with Crippen molar-refractivity contribution in [1.82, 2.24) is 10.2 Å². The van der Waals surface area contributed by atoms with E-state index in [4.69, 9.17) is 0 Å². The third kappa shape index (κ3) is 1.57. The van der Waals surface area contributed by atoms with Gasteiger partial charge in [0.1, 0.15) is 0 Å². The van der Waals surface area contributed by atoms with Crippen molar-refractivity contribution in [1.29, 1.82) is 0 Å². The Morgan fingerprint density at radius 1 is 1.54 bits per heavy atom. The maximum Gasteiger partial charge on any atom is 0.228 e. The first-order chi connectivity index (χ1) is 6.09. The first-order valence-corrected chi connectivity index (χ1v) is 5.10. The lowest BCUT2D eigenvalue weighted by atomic mass is 9.92. The maximum atomic E-state index is 11.8. The molecule has 0 aromatic carbocycles. The molecular weight excluding hydrogens is 164 g/mol. The van der Waals surface area contributed by atoms with Crippen molar-refractivity contribution in [3.8, 4) is 0 Å². The quantitative estimate of drug-likeness (QED) is 0.673. The zero-order valence-corrected chi connectivity index (χ0v) is 8.47. The lowest BCUT2D eigenvalue weighted by Gasteiger charge is -2.31. The van der Waals surface area contributed by atoms with Gasteiger partial charge in [-0.25, -0.2) is 0 Å². The number of likely N-dealkylation sites (tertiary alicyclic amines) is 1. The van der Waals surface area contributed by atoms with Gasteiger partial charge in [-0.05, 0) is 6.42 Å². The molecule has 3 nitrogen and oxygen atoms in total. The van der Waals surface area contributed by atoms with Gasteiger partial charge in [0, 0.05) is 37.5 Å². The molecule has 0 unspecified atom stereocenters. The number of hydrogen-bond donors (Lipinski definition) is 1. The molecule has 0 aromatic rings. The molecule has 0 saturated carbocycles. The molecule has 13 heavy (non-hydrogen) atoms. The molecular formula is C10H18N2O. The van der Waals surface area contributed by atoms with Crippen LogP contribution in [0.5, 0.6) is 0 Å². The van der Waals surface area contributed by atoms with Crippen LogP contribution in [-0.2, 0) is 4.79 Å². The molecule has 74 valence electrons. The third-order valence-corrected chi connectivity index (χ3v) is 3.22. The SMILES string of the molecule is CC1(C)CCN(CC2CNC2)C1=O. The van der Waals surface area contributed by atoms with Crippen molar-refractivity contribution in [2.24, 2.45) is 11.3 Å². The summed E-state index contributed by atoms with van der Waals surface area (Å²) in [6.07, 6.45) is 1.02. The van der Waals surface area contributed by atoms with Crippen molar-refractivity contribution < 1.29 is 4.79 Å². The maximum absolute atomic E-state index is 11.8. The van der Waals surface area contributed by atoms with E-state index in [-0.39, 0.29) is 5.41 Å². The van der Waals surface area contributed by atoms with Crippen LogP contribution in [0.3, 0.4) is 0 Å². The van der Waals surface area contributed by atoms with Gasteiger partial charge < -0.3 is 10.2 Å². The van der Waals surface area contributed by atoms with Gasteiger partial charge in [0.2, 0.25) is 5.91 Å². The molecule has 2 rings (SSSR count). The molecule has 3 heteroatoms. The zero-order chi connectivity index (χ0) is 9.47. The highest BCUT2D eigenvalue weighted by atomic mass is 16.2. The minimum absolute atomic E-state index is 0.100. The molecule has 2 fully saturated rings. The Hall–Kier alpha value is -0.570. The molecule has 0 aromatic heterocycles. The monoisotopic (exact) mass is 182 g/mol. The number of carbonyl (C=O) groups is 1. The Balaban J connectivity index is 1.90. The third-order valence-electron chi connectivity index (χ3n) is 3.22. The molecule has 0 spiro atoms. The van der Waals surface area contributed by atoms with Crippen LogP contribution in [0.4, 0.5) is 0 Å². The van der Waals surface area contributed by atoms with Gasteiger partial charge in [0.05, 0.1) is 0 Å². The summed E-state index contributed by atoms with van der Waals surface area (Å²) in [5, 5.41) is 3.23. The van der Waals surface area contributed by atoms with Crippen molar-refractivity contribution >= 4 is 5.91 Å². The van der Waals surface area contributed by atoms with E-state index >= 15 is 0 Å². The predicted molar refractivity (Wildman–Crippen MR) is 51.3 cm³/mol. The summed E-state index contributed by atoms with van der Waals surface area (Å²) < 4.78 is 0. The summed E-state index contributed by atoms with van der Waals surface area (Å²) in [6, 6.07) is 0. The van der Waals surface area contributed by atoms with Crippen molar-refractivity contribution in [2.75, 3.05) is 26.2 Å². The summed E-state index contributed by atoms with van der Waals surface area (Å²) in [7, 11) is 0. The highest BCUT2D eigenvalue weighted by Gasteiger charge is 2.39. The number of amides is 1. The lowest BCUT2D eigenvalue weighted by molar-refractivity contribution is -0.135. The van der Waals surface area contributed by atoms with E-state index in [2.05, 4.69) is 5.32 Å². The van der Waals surface area contributed by atoms with Gasteiger partial charge in [0.25, 0.3) is 0 Å². The van der Waals surface area contributed by atoms with Crippen LogP contribution < -0.4 is 5.32 Å². The van der Waals surface area contributed by atoms with E-state index in [0.717, 1.165) is 32.6 Å². The fourth-order valence-corrected chi connectivity index (χ4v) is 2.01. The fraction of sp³-hybridized carbons (Fsp3) is 0.900. The summed E-state index contributed by atoms with van der Waals surface area (Å²) in [5.41, 5.74) is -0.100. The second-order valence-electron chi connectivity index (χ2n) is 4.91. The van der Waals surface area contributed by atoms with E-state index in [9.17, 15) is 4.79 Å². The largest absolute Gasteiger partial charge is 0.342 e. The summed E-state index contributed by atoms with van der Waals surface area (Å²) in [4.78, 5) is 13.8. The number of nitrogens with one attached hydrogen (secondary N) is 1. The van der Waals surface area contributed by atoms with Crippen molar-refractivity contribution in [3.05, 3.63) is 0 Å². The Morgan fingerprint density at radius 2 is 2.23 bits per heavy atom. The number of carbonyl (C=O) groups excluding carboxylic acids is 1. The van der Waals surface area contributed by atoms with Crippen LogP contribution in [0, 0.1) is 11.3 Å². The second kappa shape index (κ2) is 2.98. The van der Waals surface area contributed by atoms with E-state index in [1.807, 2.05) is 18.7 Å². The van der Waals surface area contributed by atoms with E-state index in [1.54, 1.807) is 0 Å². The number of nitrogens with zero attached hydrogens (tertiary/aromatic N) is 1. The van der Waals surface area contributed by atoms with Crippen LogP contribution >= 0.6 is 0 Å². The zero-order valence-electron chi connectivity index (χ0n) is 8.47. The van der Waals surface area contributed by atoms with E-state index in [0.29, 0.717) is 11.8 Å². The summed E-state index contributed by atoms with van der Waals surface area (Å²) >= 11 is 0. The lowest BCUT2D eigenvalue weighted by Crippen LogP contribution is -2.49. The molecule has 2 aliphatic rings.